The fourth-order valence-corrected chi connectivity index (χ4v) is 4.01. The van der Waals surface area contributed by atoms with E-state index < -0.39 is 27.6 Å². The summed E-state index contributed by atoms with van der Waals surface area (Å²) in [5.74, 6) is -0.863. The fourth-order valence-electron chi connectivity index (χ4n) is 3.38. The van der Waals surface area contributed by atoms with Gasteiger partial charge in [-0.25, -0.2) is 18.4 Å². The summed E-state index contributed by atoms with van der Waals surface area (Å²) in [7, 11) is -3.64. The number of carbonyl (C=O) groups is 1. The number of benzene rings is 1. The van der Waals surface area contributed by atoms with Gasteiger partial charge in [-0.3, -0.25) is 9.52 Å². The molecule has 0 aliphatic carbocycles. The number of alkyl halides is 3. The monoisotopic (exact) mass is 535 g/mol. The van der Waals surface area contributed by atoms with Crippen molar-refractivity contribution >= 4 is 39.2 Å². The first-order valence-electron chi connectivity index (χ1n) is 11.3. The molecular formula is C23H24F3N7O3S. The Hall–Kier alpha value is -3.94. The maximum absolute atomic E-state index is 13.6. The van der Waals surface area contributed by atoms with Crippen LogP contribution >= 0.6 is 0 Å². The van der Waals surface area contributed by atoms with Gasteiger partial charge in [-0.15, -0.1) is 0 Å². The van der Waals surface area contributed by atoms with Gasteiger partial charge in [0.05, 0.1) is 5.75 Å². The first-order chi connectivity index (χ1) is 17.6. The van der Waals surface area contributed by atoms with Crippen LogP contribution in [0.4, 0.5) is 36.4 Å². The smallest absolute Gasteiger partial charge is 0.365 e. The third-order valence-corrected chi connectivity index (χ3v) is 6.86. The van der Waals surface area contributed by atoms with Crippen LogP contribution in [0.5, 0.6) is 0 Å². The molecule has 2 aromatic heterocycles. The van der Waals surface area contributed by atoms with E-state index in [4.69, 9.17) is 0 Å². The molecule has 0 saturated carbocycles. The molecule has 0 atom stereocenters. The summed E-state index contributed by atoms with van der Waals surface area (Å²) >= 11 is 0. The first kappa shape index (κ1) is 26.1. The number of anilines is 4. The highest BCUT2D eigenvalue weighted by molar-refractivity contribution is 7.92. The number of halogens is 3. The third-order valence-electron chi connectivity index (χ3n) is 5.60. The van der Waals surface area contributed by atoms with Crippen LogP contribution in [0.2, 0.25) is 0 Å². The molecule has 1 aromatic carbocycles. The van der Waals surface area contributed by atoms with Crippen LogP contribution < -0.4 is 15.4 Å². The topological polar surface area (TPSA) is 129 Å². The van der Waals surface area contributed by atoms with Crippen molar-refractivity contribution in [2.75, 3.05) is 34.2 Å². The summed E-state index contributed by atoms with van der Waals surface area (Å²) < 4.78 is 67.1. The zero-order valence-corrected chi connectivity index (χ0v) is 20.5. The second kappa shape index (κ2) is 10.6. The number of rotatable bonds is 9. The molecule has 1 fully saturated rings. The van der Waals surface area contributed by atoms with Crippen molar-refractivity contribution in [1.82, 2.24) is 19.9 Å². The van der Waals surface area contributed by atoms with Crippen molar-refractivity contribution < 1.29 is 26.4 Å². The van der Waals surface area contributed by atoms with Gasteiger partial charge >= 0.3 is 6.18 Å². The van der Waals surface area contributed by atoms with Crippen LogP contribution in [0, 0.1) is 0 Å². The van der Waals surface area contributed by atoms with Crippen molar-refractivity contribution in [3.63, 3.8) is 0 Å². The van der Waals surface area contributed by atoms with Crippen LogP contribution in [0.1, 0.15) is 34.8 Å². The van der Waals surface area contributed by atoms with E-state index >= 15 is 0 Å². The van der Waals surface area contributed by atoms with Crippen molar-refractivity contribution in [1.29, 1.82) is 0 Å². The minimum absolute atomic E-state index is 0.00526. The van der Waals surface area contributed by atoms with E-state index in [1.807, 2.05) is 0 Å². The molecule has 3 heterocycles. The van der Waals surface area contributed by atoms with Crippen molar-refractivity contribution in [3.05, 3.63) is 65.5 Å². The number of nitrogens with one attached hydrogen (secondary N) is 3. The maximum Gasteiger partial charge on any atom is 0.421 e. The van der Waals surface area contributed by atoms with Gasteiger partial charge in [-0.1, -0.05) is 6.07 Å². The quantitative estimate of drug-likeness (QED) is 0.377. The third kappa shape index (κ3) is 6.44. The summed E-state index contributed by atoms with van der Waals surface area (Å²) in [6.45, 7) is 2.70. The Labute approximate surface area is 211 Å². The van der Waals surface area contributed by atoms with Crippen molar-refractivity contribution in [3.8, 4) is 0 Å². The average molecular weight is 536 g/mol. The van der Waals surface area contributed by atoms with E-state index in [0.717, 1.165) is 19.5 Å². The SMILES string of the molecule is CCS(=O)(=O)Nc1ncccc1CNc1nc(Nc2ccc(C(=O)N3CCC3)cc2)ncc1C(F)(F)F. The minimum atomic E-state index is -4.73. The highest BCUT2D eigenvalue weighted by atomic mass is 32.2. The lowest BCUT2D eigenvalue weighted by molar-refractivity contribution is -0.137. The molecular weight excluding hydrogens is 511 g/mol. The van der Waals surface area contributed by atoms with E-state index in [2.05, 4.69) is 30.3 Å². The molecule has 0 radical (unpaired) electrons. The van der Waals surface area contributed by atoms with Gasteiger partial charge in [-0.2, -0.15) is 18.2 Å². The molecule has 0 bridgehead atoms. The Balaban J connectivity index is 1.53. The molecule has 1 amide bonds. The number of likely N-dealkylation sites (tertiary alicyclic amines) is 1. The summed E-state index contributed by atoms with van der Waals surface area (Å²) in [6, 6.07) is 9.53. The second-order valence-corrected chi connectivity index (χ2v) is 10.2. The molecule has 3 aromatic rings. The maximum atomic E-state index is 13.6. The number of sulfonamides is 1. The largest absolute Gasteiger partial charge is 0.421 e. The second-order valence-electron chi connectivity index (χ2n) is 8.17. The molecule has 1 saturated heterocycles. The van der Waals surface area contributed by atoms with Gasteiger partial charge in [0.2, 0.25) is 16.0 Å². The van der Waals surface area contributed by atoms with E-state index in [9.17, 15) is 26.4 Å². The van der Waals surface area contributed by atoms with E-state index in [-0.39, 0.29) is 30.0 Å². The summed E-state index contributed by atoms with van der Waals surface area (Å²) in [5.41, 5.74) is 0.220. The molecule has 0 spiro atoms. The Kier molecular flexibility index (Phi) is 7.47. The van der Waals surface area contributed by atoms with Gasteiger partial charge in [0.1, 0.15) is 17.2 Å². The van der Waals surface area contributed by atoms with Gasteiger partial charge in [0.25, 0.3) is 5.91 Å². The van der Waals surface area contributed by atoms with Crippen molar-refractivity contribution in [2.24, 2.45) is 0 Å². The van der Waals surface area contributed by atoms with Crippen molar-refractivity contribution in [2.45, 2.75) is 26.1 Å². The summed E-state index contributed by atoms with van der Waals surface area (Å²) in [6.07, 6.45) is -1.73. The predicted molar refractivity (Wildman–Crippen MR) is 132 cm³/mol. The number of hydrogen-bond donors (Lipinski definition) is 3. The van der Waals surface area contributed by atoms with E-state index in [1.165, 1.54) is 25.3 Å². The van der Waals surface area contributed by atoms with Gasteiger partial charge in [0.15, 0.2) is 0 Å². The first-order valence-corrected chi connectivity index (χ1v) is 13.0. The molecule has 1 aliphatic rings. The highest BCUT2D eigenvalue weighted by Gasteiger charge is 2.35. The zero-order valence-electron chi connectivity index (χ0n) is 19.7. The predicted octanol–water partition coefficient (Wildman–Crippen LogP) is 3.85. The van der Waals surface area contributed by atoms with Gasteiger partial charge < -0.3 is 15.5 Å². The Morgan fingerprint density at radius 2 is 1.81 bits per heavy atom. The zero-order chi connectivity index (χ0) is 26.6. The Morgan fingerprint density at radius 3 is 2.43 bits per heavy atom. The lowest BCUT2D eigenvalue weighted by Gasteiger charge is -2.30. The molecule has 1 aliphatic heterocycles. The van der Waals surface area contributed by atoms with Crippen LogP contribution in [-0.4, -0.2) is 53.0 Å². The number of nitrogens with zero attached hydrogens (tertiary/aromatic N) is 4. The number of hydrogen-bond acceptors (Lipinski definition) is 8. The molecule has 196 valence electrons. The normalized spacial score (nSPS) is 13.6. The van der Waals surface area contributed by atoms with E-state index in [0.29, 0.717) is 23.0 Å². The fraction of sp³-hybridized carbons (Fsp3) is 0.304. The van der Waals surface area contributed by atoms with Gasteiger partial charge in [0, 0.05) is 48.8 Å². The van der Waals surface area contributed by atoms with Crippen LogP contribution in [-0.2, 0) is 22.7 Å². The van der Waals surface area contributed by atoms with Crippen LogP contribution in [0.3, 0.4) is 0 Å². The lowest BCUT2D eigenvalue weighted by atomic mass is 10.1. The lowest BCUT2D eigenvalue weighted by Crippen LogP contribution is -2.41. The number of pyridine rings is 1. The minimum Gasteiger partial charge on any atom is -0.365 e. The Morgan fingerprint density at radius 1 is 1.08 bits per heavy atom. The molecule has 0 unspecified atom stereocenters. The summed E-state index contributed by atoms with van der Waals surface area (Å²) in [4.78, 5) is 25.8. The van der Waals surface area contributed by atoms with E-state index in [1.54, 1.807) is 29.2 Å². The standard InChI is InChI=1S/C23H24F3N7O3S/c1-2-37(35,36)32-19-16(5-3-10-27-19)13-28-20-18(23(24,25)26)14-29-22(31-20)30-17-8-6-15(7-9-17)21(34)33-11-4-12-33/h3,5-10,14H,2,4,11-13H2,1H3,(H,27,32)(H2,28,29,30,31). The number of carbonyl (C=O) groups excluding carboxylic acids is 1. The highest BCUT2D eigenvalue weighted by Crippen LogP contribution is 2.34. The molecule has 10 nitrogen and oxygen atoms in total. The number of aromatic nitrogens is 3. The number of amides is 1. The Bertz CT molecular complexity index is 1380. The molecule has 3 N–H and O–H groups in total. The molecule has 14 heteroatoms. The van der Waals surface area contributed by atoms with Crippen LogP contribution in [0.15, 0.2) is 48.8 Å². The van der Waals surface area contributed by atoms with Crippen LogP contribution in [0.25, 0.3) is 0 Å². The van der Waals surface area contributed by atoms with Gasteiger partial charge in [-0.05, 0) is 43.7 Å². The molecule has 37 heavy (non-hydrogen) atoms. The molecule has 4 rings (SSSR count). The average Bonchev–Trinajstić information content (AvgIpc) is 2.82. The summed E-state index contributed by atoms with van der Waals surface area (Å²) in [5, 5.41) is 5.46.